The van der Waals surface area contributed by atoms with Crippen molar-refractivity contribution >= 4 is 11.6 Å². The van der Waals surface area contributed by atoms with Crippen molar-refractivity contribution < 1.29 is 14.1 Å². The number of nitrogens with one attached hydrogen (secondary N) is 1. The first kappa shape index (κ1) is 15.4. The van der Waals surface area contributed by atoms with E-state index in [0.29, 0.717) is 13.1 Å². The first-order chi connectivity index (χ1) is 10.0. The molecule has 0 saturated carbocycles. The van der Waals surface area contributed by atoms with E-state index in [0.717, 1.165) is 37.5 Å². The van der Waals surface area contributed by atoms with Crippen LogP contribution < -0.4 is 5.32 Å². The maximum atomic E-state index is 13.4. The van der Waals surface area contributed by atoms with Crippen LogP contribution in [0.1, 0.15) is 29.6 Å². The van der Waals surface area contributed by atoms with Crippen LogP contribution in [0.5, 0.6) is 0 Å². The van der Waals surface area contributed by atoms with E-state index in [-0.39, 0.29) is 17.3 Å². The molecule has 1 N–H and O–H groups in total. The number of nitro benzene ring substituents is 1. The molecule has 1 aliphatic rings. The van der Waals surface area contributed by atoms with Crippen molar-refractivity contribution in [1.82, 2.24) is 10.2 Å². The van der Waals surface area contributed by atoms with Crippen LogP contribution in [0.2, 0.25) is 0 Å². The summed E-state index contributed by atoms with van der Waals surface area (Å²) in [6, 6.07) is 2.97. The minimum atomic E-state index is -0.649. The third-order valence-electron chi connectivity index (χ3n) is 3.71. The Bertz CT molecular complexity index is 548. The Kier molecular flexibility index (Phi) is 4.85. The molecule has 0 radical (unpaired) electrons. The monoisotopic (exact) mass is 295 g/mol. The fourth-order valence-electron chi connectivity index (χ4n) is 2.71. The predicted molar refractivity (Wildman–Crippen MR) is 75.7 cm³/mol. The molecule has 1 aliphatic heterocycles. The number of carbonyl (C=O) groups is 1. The number of likely N-dealkylation sites (tertiary alicyclic amines) is 1. The molecule has 21 heavy (non-hydrogen) atoms. The highest BCUT2D eigenvalue weighted by Gasteiger charge is 2.31. The van der Waals surface area contributed by atoms with Crippen LogP contribution in [0.4, 0.5) is 10.1 Å². The predicted octanol–water partition coefficient (Wildman–Crippen LogP) is 1.95. The van der Waals surface area contributed by atoms with Crippen molar-refractivity contribution in [3.05, 3.63) is 39.7 Å². The molecule has 1 unspecified atom stereocenters. The number of hydrogen-bond donors (Lipinski definition) is 1. The lowest BCUT2D eigenvalue weighted by Gasteiger charge is -2.35. The van der Waals surface area contributed by atoms with Gasteiger partial charge in [-0.1, -0.05) is 0 Å². The molecule has 1 saturated heterocycles. The summed E-state index contributed by atoms with van der Waals surface area (Å²) in [5, 5.41) is 14.0. The van der Waals surface area contributed by atoms with Crippen LogP contribution in [-0.2, 0) is 0 Å². The molecule has 0 bridgehead atoms. The van der Waals surface area contributed by atoms with Crippen LogP contribution in [0, 0.1) is 15.9 Å². The topological polar surface area (TPSA) is 75.5 Å². The molecular weight excluding hydrogens is 277 g/mol. The Hall–Kier alpha value is -2.02. The lowest BCUT2D eigenvalue weighted by atomic mass is 10.00. The second kappa shape index (κ2) is 6.62. The largest absolute Gasteiger partial charge is 0.334 e. The average molecular weight is 295 g/mol. The quantitative estimate of drug-likeness (QED) is 0.680. The molecule has 1 heterocycles. The van der Waals surface area contributed by atoms with E-state index >= 15 is 0 Å². The number of benzene rings is 1. The number of hydrogen-bond acceptors (Lipinski definition) is 4. The van der Waals surface area contributed by atoms with Crippen molar-refractivity contribution in [2.24, 2.45) is 0 Å². The Labute approximate surface area is 122 Å². The van der Waals surface area contributed by atoms with Crippen molar-refractivity contribution in [3.8, 4) is 0 Å². The molecule has 114 valence electrons. The maximum Gasteiger partial charge on any atom is 0.282 e. The summed E-state index contributed by atoms with van der Waals surface area (Å²) < 4.78 is 13.4. The van der Waals surface area contributed by atoms with E-state index in [1.165, 1.54) is 0 Å². The second-order valence-corrected chi connectivity index (χ2v) is 5.12. The summed E-state index contributed by atoms with van der Waals surface area (Å²) in [5.74, 6) is -1.12. The number of rotatable bonds is 4. The van der Waals surface area contributed by atoms with Gasteiger partial charge in [0.2, 0.25) is 0 Å². The summed E-state index contributed by atoms with van der Waals surface area (Å²) in [6.07, 6.45) is 2.71. The maximum absolute atomic E-state index is 13.4. The van der Waals surface area contributed by atoms with Gasteiger partial charge in [0.15, 0.2) is 0 Å². The number of carbonyl (C=O) groups excluding carboxylic acids is 1. The second-order valence-electron chi connectivity index (χ2n) is 5.12. The van der Waals surface area contributed by atoms with Gasteiger partial charge in [0, 0.05) is 25.2 Å². The zero-order valence-electron chi connectivity index (χ0n) is 11.8. The standard InChI is InChI=1S/C14H18FN3O3/c1-16-9-11-4-2-3-7-17(11)14(19)12-8-10(15)5-6-13(12)18(20)21/h5-6,8,11,16H,2-4,7,9H2,1H3. The van der Waals surface area contributed by atoms with E-state index in [4.69, 9.17) is 0 Å². The summed E-state index contributed by atoms with van der Waals surface area (Å²) in [5.41, 5.74) is -0.529. The van der Waals surface area contributed by atoms with E-state index in [2.05, 4.69) is 5.32 Å². The summed E-state index contributed by atoms with van der Waals surface area (Å²) in [4.78, 5) is 24.6. The zero-order valence-corrected chi connectivity index (χ0v) is 11.8. The number of piperidine rings is 1. The first-order valence-electron chi connectivity index (χ1n) is 6.94. The lowest BCUT2D eigenvalue weighted by molar-refractivity contribution is -0.385. The Balaban J connectivity index is 2.33. The zero-order chi connectivity index (χ0) is 15.4. The van der Waals surface area contributed by atoms with Gasteiger partial charge in [-0.2, -0.15) is 0 Å². The number of amides is 1. The number of likely N-dealkylation sites (N-methyl/N-ethyl adjacent to an activating group) is 1. The van der Waals surface area contributed by atoms with Gasteiger partial charge in [0.25, 0.3) is 11.6 Å². The fraction of sp³-hybridized carbons (Fsp3) is 0.500. The minimum Gasteiger partial charge on any atom is -0.334 e. The average Bonchev–Trinajstić information content (AvgIpc) is 2.47. The van der Waals surface area contributed by atoms with Crippen LogP contribution in [0.25, 0.3) is 0 Å². The third-order valence-corrected chi connectivity index (χ3v) is 3.71. The van der Waals surface area contributed by atoms with Gasteiger partial charge in [0.05, 0.1) is 4.92 Å². The summed E-state index contributed by atoms with van der Waals surface area (Å²) >= 11 is 0. The number of nitro groups is 1. The van der Waals surface area contributed by atoms with Gasteiger partial charge in [0.1, 0.15) is 11.4 Å². The van der Waals surface area contributed by atoms with Gasteiger partial charge in [-0.15, -0.1) is 0 Å². The van der Waals surface area contributed by atoms with Crippen LogP contribution in [0.3, 0.4) is 0 Å². The molecule has 1 aromatic carbocycles. The molecule has 1 amide bonds. The smallest absolute Gasteiger partial charge is 0.282 e. The SMILES string of the molecule is CNCC1CCCCN1C(=O)c1cc(F)ccc1[N+](=O)[O-]. The van der Waals surface area contributed by atoms with Gasteiger partial charge < -0.3 is 10.2 Å². The van der Waals surface area contributed by atoms with Gasteiger partial charge >= 0.3 is 0 Å². The highest BCUT2D eigenvalue weighted by molar-refractivity contribution is 5.98. The molecule has 0 aromatic heterocycles. The highest BCUT2D eigenvalue weighted by Crippen LogP contribution is 2.25. The molecule has 2 rings (SSSR count). The van der Waals surface area contributed by atoms with Crippen LogP contribution in [0.15, 0.2) is 18.2 Å². The van der Waals surface area contributed by atoms with Gasteiger partial charge in [-0.05, 0) is 38.4 Å². The van der Waals surface area contributed by atoms with Gasteiger partial charge in [-0.3, -0.25) is 14.9 Å². The third kappa shape index (κ3) is 3.36. The molecular formula is C14H18FN3O3. The number of nitrogens with zero attached hydrogens (tertiary/aromatic N) is 2. The van der Waals surface area contributed by atoms with Crippen LogP contribution in [-0.4, -0.2) is 41.9 Å². The molecule has 0 aliphatic carbocycles. The Morgan fingerprint density at radius 1 is 1.52 bits per heavy atom. The Morgan fingerprint density at radius 3 is 2.95 bits per heavy atom. The Morgan fingerprint density at radius 2 is 2.29 bits per heavy atom. The van der Waals surface area contributed by atoms with Crippen molar-refractivity contribution in [2.45, 2.75) is 25.3 Å². The van der Waals surface area contributed by atoms with E-state index in [1.807, 2.05) is 0 Å². The lowest BCUT2D eigenvalue weighted by Crippen LogP contribution is -2.48. The van der Waals surface area contributed by atoms with E-state index in [1.54, 1.807) is 11.9 Å². The van der Waals surface area contributed by atoms with Gasteiger partial charge in [-0.25, -0.2) is 4.39 Å². The normalized spacial score (nSPS) is 18.6. The van der Waals surface area contributed by atoms with E-state index in [9.17, 15) is 19.3 Å². The highest BCUT2D eigenvalue weighted by atomic mass is 19.1. The number of halogens is 1. The fourth-order valence-corrected chi connectivity index (χ4v) is 2.71. The minimum absolute atomic E-state index is 0.0147. The molecule has 1 fully saturated rings. The summed E-state index contributed by atoms with van der Waals surface area (Å²) in [6.45, 7) is 1.16. The molecule has 0 spiro atoms. The first-order valence-corrected chi connectivity index (χ1v) is 6.94. The summed E-state index contributed by atoms with van der Waals surface area (Å²) in [7, 11) is 1.79. The molecule has 1 aromatic rings. The van der Waals surface area contributed by atoms with E-state index < -0.39 is 16.6 Å². The molecule has 1 atom stereocenters. The van der Waals surface area contributed by atoms with Crippen molar-refractivity contribution in [3.63, 3.8) is 0 Å². The van der Waals surface area contributed by atoms with Crippen molar-refractivity contribution in [2.75, 3.05) is 20.1 Å². The molecule has 7 heteroatoms. The van der Waals surface area contributed by atoms with Crippen molar-refractivity contribution in [1.29, 1.82) is 0 Å². The molecule has 6 nitrogen and oxygen atoms in total. The van der Waals surface area contributed by atoms with Crippen LogP contribution >= 0.6 is 0 Å².